The molecule has 1 aliphatic carbocycles. The highest BCUT2D eigenvalue weighted by atomic mass is 16.5. The fraction of sp³-hybridized carbons (Fsp3) is 0.556. The van der Waals surface area contributed by atoms with Crippen LogP contribution in [0.4, 0.5) is 0 Å². The Morgan fingerprint density at radius 3 is 2.35 bits per heavy atom. The lowest BCUT2D eigenvalue weighted by atomic mass is 9.77. The lowest BCUT2D eigenvalue weighted by Crippen LogP contribution is -2.51. The summed E-state index contributed by atoms with van der Waals surface area (Å²) in [6, 6.07) is 7.16. The van der Waals surface area contributed by atoms with E-state index >= 15 is 0 Å². The van der Waals surface area contributed by atoms with Crippen molar-refractivity contribution in [2.75, 3.05) is 13.7 Å². The Kier molecular flexibility index (Phi) is 5.64. The van der Waals surface area contributed by atoms with Gasteiger partial charge >= 0.3 is 0 Å². The molecule has 1 aromatic carbocycles. The van der Waals surface area contributed by atoms with Crippen LogP contribution < -0.4 is 15.4 Å². The van der Waals surface area contributed by atoms with E-state index in [0.717, 1.165) is 37.0 Å². The van der Waals surface area contributed by atoms with Gasteiger partial charge < -0.3 is 15.4 Å². The van der Waals surface area contributed by atoms with Gasteiger partial charge in [-0.25, -0.2) is 0 Å². The predicted molar refractivity (Wildman–Crippen MR) is 89.4 cm³/mol. The molecule has 0 radical (unpaired) electrons. The normalized spacial score (nSPS) is 17.3. The Labute approximate surface area is 137 Å². The van der Waals surface area contributed by atoms with E-state index in [9.17, 15) is 9.59 Å². The molecule has 1 aromatic rings. The summed E-state index contributed by atoms with van der Waals surface area (Å²) >= 11 is 0. The Bertz CT molecular complexity index is 548. The number of hydrogen-bond acceptors (Lipinski definition) is 3. The number of amides is 2. The molecule has 1 aliphatic rings. The third-order valence-electron chi connectivity index (χ3n) is 4.63. The molecule has 1 unspecified atom stereocenters. The highest BCUT2D eigenvalue weighted by molar-refractivity contribution is 5.93. The molecule has 1 fully saturated rings. The van der Waals surface area contributed by atoms with Crippen molar-refractivity contribution < 1.29 is 14.3 Å². The average molecular weight is 318 g/mol. The summed E-state index contributed by atoms with van der Waals surface area (Å²) < 4.78 is 5.19. The largest absolute Gasteiger partial charge is 0.497 e. The van der Waals surface area contributed by atoms with Gasteiger partial charge in [-0.1, -0.05) is 25.0 Å². The van der Waals surface area contributed by atoms with Crippen molar-refractivity contribution in [3.8, 4) is 5.75 Å². The van der Waals surface area contributed by atoms with Crippen LogP contribution in [-0.4, -0.2) is 31.5 Å². The van der Waals surface area contributed by atoms with Gasteiger partial charge in [0, 0.05) is 6.54 Å². The van der Waals surface area contributed by atoms with E-state index in [1.807, 2.05) is 31.2 Å². The molecule has 0 bridgehead atoms. The van der Waals surface area contributed by atoms with Crippen molar-refractivity contribution in [3.63, 3.8) is 0 Å². The molecule has 2 rings (SSSR count). The van der Waals surface area contributed by atoms with E-state index in [1.54, 1.807) is 14.0 Å². The molecule has 0 aliphatic heterocycles. The summed E-state index contributed by atoms with van der Waals surface area (Å²) in [6.45, 7) is 4.14. The minimum Gasteiger partial charge on any atom is -0.497 e. The molecule has 5 heteroatoms. The van der Waals surface area contributed by atoms with Gasteiger partial charge in [-0.3, -0.25) is 9.59 Å². The van der Waals surface area contributed by atoms with Crippen molar-refractivity contribution in [1.29, 1.82) is 0 Å². The molecular weight excluding hydrogens is 292 g/mol. The van der Waals surface area contributed by atoms with E-state index in [1.165, 1.54) is 0 Å². The molecular formula is C18H26N2O3. The third-order valence-corrected chi connectivity index (χ3v) is 4.63. The van der Waals surface area contributed by atoms with E-state index in [0.29, 0.717) is 6.54 Å². The van der Waals surface area contributed by atoms with Crippen LogP contribution in [0.1, 0.15) is 45.1 Å². The van der Waals surface area contributed by atoms with Gasteiger partial charge in [0.2, 0.25) is 11.8 Å². The second-order valence-electron chi connectivity index (χ2n) is 6.11. The lowest BCUT2D eigenvalue weighted by Gasteiger charge is -2.30. The van der Waals surface area contributed by atoms with E-state index in [2.05, 4.69) is 10.6 Å². The van der Waals surface area contributed by atoms with Gasteiger partial charge in [-0.2, -0.15) is 0 Å². The van der Waals surface area contributed by atoms with Crippen LogP contribution in [0.25, 0.3) is 0 Å². The lowest BCUT2D eigenvalue weighted by molar-refractivity contribution is -0.131. The number of methoxy groups -OCH3 is 1. The number of rotatable bonds is 6. The summed E-state index contributed by atoms with van der Waals surface area (Å²) in [5.41, 5.74) is 0.462. The van der Waals surface area contributed by atoms with Crippen molar-refractivity contribution >= 4 is 11.8 Å². The maximum atomic E-state index is 12.9. The summed E-state index contributed by atoms with van der Waals surface area (Å²) in [6.07, 6.45) is 3.67. The molecule has 1 atom stereocenters. The molecule has 23 heavy (non-hydrogen) atoms. The van der Waals surface area contributed by atoms with Crippen molar-refractivity contribution in [1.82, 2.24) is 10.6 Å². The fourth-order valence-electron chi connectivity index (χ4n) is 3.26. The van der Waals surface area contributed by atoms with Crippen LogP contribution in [0.2, 0.25) is 0 Å². The molecule has 0 heterocycles. The zero-order chi connectivity index (χ0) is 16.9. The molecule has 5 nitrogen and oxygen atoms in total. The Hall–Kier alpha value is -2.04. The first-order valence-corrected chi connectivity index (χ1v) is 8.26. The minimum absolute atomic E-state index is 0.0566. The van der Waals surface area contributed by atoms with Crippen molar-refractivity contribution in [2.24, 2.45) is 0 Å². The second-order valence-corrected chi connectivity index (χ2v) is 6.11. The first-order valence-electron chi connectivity index (χ1n) is 8.26. The number of benzene rings is 1. The smallest absolute Gasteiger partial charge is 0.242 e. The van der Waals surface area contributed by atoms with E-state index in [4.69, 9.17) is 4.74 Å². The van der Waals surface area contributed by atoms with Gasteiger partial charge in [0.05, 0.1) is 12.5 Å². The second kappa shape index (κ2) is 7.49. The zero-order valence-electron chi connectivity index (χ0n) is 14.1. The average Bonchev–Trinajstić information content (AvgIpc) is 3.06. The van der Waals surface area contributed by atoms with Crippen LogP contribution in [-0.2, 0) is 15.0 Å². The molecule has 2 N–H and O–H groups in total. The molecule has 1 saturated carbocycles. The van der Waals surface area contributed by atoms with Gasteiger partial charge in [0.1, 0.15) is 11.8 Å². The Balaban J connectivity index is 2.19. The van der Waals surface area contributed by atoms with E-state index < -0.39 is 11.5 Å². The highest BCUT2D eigenvalue weighted by Crippen LogP contribution is 2.41. The quantitative estimate of drug-likeness (QED) is 0.844. The number of hydrogen-bond donors (Lipinski definition) is 2. The van der Waals surface area contributed by atoms with Gasteiger partial charge in [0.25, 0.3) is 0 Å². The third kappa shape index (κ3) is 3.66. The number of likely N-dealkylation sites (N-methyl/N-ethyl adjacent to an activating group) is 1. The molecule has 126 valence electrons. The maximum Gasteiger partial charge on any atom is 0.242 e. The first-order chi connectivity index (χ1) is 11.0. The number of ether oxygens (including phenoxy) is 1. The van der Waals surface area contributed by atoms with Crippen LogP contribution in [0.5, 0.6) is 5.75 Å². The zero-order valence-corrected chi connectivity index (χ0v) is 14.1. The Morgan fingerprint density at radius 1 is 1.22 bits per heavy atom. The molecule has 2 amide bonds. The summed E-state index contributed by atoms with van der Waals surface area (Å²) in [4.78, 5) is 24.8. The first kappa shape index (κ1) is 17.3. The van der Waals surface area contributed by atoms with Crippen molar-refractivity contribution in [2.45, 2.75) is 51.0 Å². The van der Waals surface area contributed by atoms with Crippen LogP contribution >= 0.6 is 0 Å². The van der Waals surface area contributed by atoms with Gasteiger partial charge in [0.15, 0.2) is 0 Å². The maximum absolute atomic E-state index is 12.9. The van der Waals surface area contributed by atoms with Crippen LogP contribution in [0, 0.1) is 0 Å². The van der Waals surface area contributed by atoms with Gasteiger partial charge in [-0.15, -0.1) is 0 Å². The molecule has 0 saturated heterocycles. The SMILES string of the molecule is CCNC(=O)C(C)NC(=O)C1(c2ccc(OC)cc2)CCCC1. The number of carbonyl (C=O) groups excluding carboxylic acids is 2. The summed E-state index contributed by atoms with van der Waals surface area (Å²) in [5.74, 6) is 0.570. The molecule has 0 spiro atoms. The summed E-state index contributed by atoms with van der Waals surface area (Å²) in [7, 11) is 1.63. The number of nitrogens with one attached hydrogen (secondary N) is 2. The number of carbonyl (C=O) groups is 2. The van der Waals surface area contributed by atoms with Crippen molar-refractivity contribution in [3.05, 3.63) is 29.8 Å². The fourth-order valence-corrected chi connectivity index (χ4v) is 3.26. The molecule has 0 aromatic heterocycles. The standard InChI is InChI=1S/C18H26N2O3/c1-4-19-16(21)13(2)20-17(22)18(11-5-6-12-18)14-7-9-15(23-3)10-8-14/h7-10,13H,4-6,11-12H2,1-3H3,(H,19,21)(H,20,22). The highest BCUT2D eigenvalue weighted by Gasteiger charge is 2.43. The predicted octanol–water partition coefficient (Wildman–Crippen LogP) is 2.15. The van der Waals surface area contributed by atoms with Gasteiger partial charge in [-0.05, 0) is 44.4 Å². The Morgan fingerprint density at radius 2 is 1.83 bits per heavy atom. The summed E-state index contributed by atoms with van der Waals surface area (Å²) in [5, 5.41) is 5.63. The minimum atomic E-state index is -0.535. The van der Waals surface area contributed by atoms with Crippen LogP contribution in [0.15, 0.2) is 24.3 Å². The van der Waals surface area contributed by atoms with E-state index in [-0.39, 0.29) is 11.8 Å². The van der Waals surface area contributed by atoms with Crippen LogP contribution in [0.3, 0.4) is 0 Å². The monoisotopic (exact) mass is 318 g/mol. The topological polar surface area (TPSA) is 67.4 Å².